The largest absolute Gasteiger partial charge is 0.416 e. The Bertz CT molecular complexity index is 700. The fraction of sp³-hybridized carbons (Fsp3) is 0.308. The Morgan fingerprint density at radius 3 is 2.62 bits per heavy atom. The Hall–Kier alpha value is -2.07. The van der Waals surface area contributed by atoms with Crippen molar-refractivity contribution in [1.29, 1.82) is 5.26 Å². The molecular weight excluding hydrogens is 305 g/mol. The number of nitrogens with zero attached hydrogens (tertiary/aromatic N) is 4. The van der Waals surface area contributed by atoms with Crippen LogP contribution in [0.4, 0.5) is 13.2 Å². The molecule has 0 aliphatic heterocycles. The first-order valence-corrected chi connectivity index (χ1v) is 6.48. The normalized spacial score (nSPS) is 11.4. The summed E-state index contributed by atoms with van der Waals surface area (Å²) >= 11 is 5.92. The van der Waals surface area contributed by atoms with Gasteiger partial charge in [-0.15, -0.1) is 5.10 Å². The molecular formula is C13H10ClF3N4. The lowest BCUT2D eigenvalue weighted by Crippen LogP contribution is -2.08. The predicted octanol–water partition coefficient (Wildman–Crippen LogP) is 3.76. The van der Waals surface area contributed by atoms with Crippen molar-refractivity contribution in [3.63, 3.8) is 0 Å². The number of alkyl halides is 3. The number of hydrogen-bond acceptors (Lipinski definition) is 3. The van der Waals surface area contributed by atoms with E-state index in [-0.39, 0.29) is 16.4 Å². The third-order valence-corrected chi connectivity index (χ3v) is 3.16. The van der Waals surface area contributed by atoms with Crippen LogP contribution in [0.2, 0.25) is 5.02 Å². The van der Waals surface area contributed by atoms with E-state index in [9.17, 15) is 13.2 Å². The molecule has 0 atom stereocenters. The third kappa shape index (κ3) is 3.00. The van der Waals surface area contributed by atoms with Crippen molar-refractivity contribution in [2.75, 3.05) is 0 Å². The average Bonchev–Trinajstić information content (AvgIpc) is 2.81. The molecule has 0 N–H and O–H groups in total. The van der Waals surface area contributed by atoms with Crippen LogP contribution in [-0.4, -0.2) is 15.0 Å². The number of nitriles is 1. The van der Waals surface area contributed by atoms with Crippen molar-refractivity contribution in [3.05, 3.63) is 40.2 Å². The van der Waals surface area contributed by atoms with Crippen LogP contribution in [0.25, 0.3) is 5.69 Å². The number of halogens is 4. The zero-order chi connectivity index (χ0) is 15.6. The highest BCUT2D eigenvalue weighted by molar-refractivity contribution is 6.32. The van der Waals surface area contributed by atoms with Gasteiger partial charge in [0.1, 0.15) is 6.07 Å². The molecule has 21 heavy (non-hydrogen) atoms. The van der Waals surface area contributed by atoms with Gasteiger partial charge in [-0.1, -0.05) is 30.2 Å². The van der Waals surface area contributed by atoms with Crippen LogP contribution in [0.1, 0.15) is 30.3 Å². The highest BCUT2D eigenvalue weighted by Crippen LogP contribution is 2.33. The molecule has 0 radical (unpaired) electrons. The molecule has 1 aromatic carbocycles. The molecule has 0 amide bonds. The first-order valence-electron chi connectivity index (χ1n) is 6.10. The molecule has 8 heteroatoms. The summed E-state index contributed by atoms with van der Waals surface area (Å²) in [7, 11) is 0. The summed E-state index contributed by atoms with van der Waals surface area (Å²) in [4.78, 5) is 0. The molecule has 1 aromatic heterocycles. The van der Waals surface area contributed by atoms with Gasteiger partial charge in [-0.2, -0.15) is 18.4 Å². The summed E-state index contributed by atoms with van der Waals surface area (Å²) in [5, 5.41) is 16.4. The van der Waals surface area contributed by atoms with Gasteiger partial charge in [0.25, 0.3) is 0 Å². The minimum absolute atomic E-state index is 0.100. The van der Waals surface area contributed by atoms with Crippen LogP contribution >= 0.6 is 11.6 Å². The van der Waals surface area contributed by atoms with Gasteiger partial charge in [0.15, 0.2) is 5.69 Å². The summed E-state index contributed by atoms with van der Waals surface area (Å²) in [5.41, 5.74) is 0.102. The molecule has 0 fully saturated rings. The summed E-state index contributed by atoms with van der Waals surface area (Å²) in [5.74, 6) is 0. The Morgan fingerprint density at radius 1 is 1.38 bits per heavy atom. The third-order valence-electron chi connectivity index (χ3n) is 2.86. The standard InChI is InChI=1S/C13H10ClF3N4/c1-2-3-12-10(7-18)19-20-21(12)11-5-4-8(6-9(11)14)13(15,16)17/h4-6H,2-3H2,1H3. The van der Waals surface area contributed by atoms with Crippen molar-refractivity contribution in [2.45, 2.75) is 25.9 Å². The second-order valence-electron chi connectivity index (χ2n) is 4.32. The molecule has 2 aromatic rings. The van der Waals surface area contributed by atoms with E-state index < -0.39 is 11.7 Å². The molecule has 110 valence electrons. The van der Waals surface area contributed by atoms with Crippen molar-refractivity contribution in [1.82, 2.24) is 15.0 Å². The van der Waals surface area contributed by atoms with Gasteiger partial charge in [0, 0.05) is 0 Å². The van der Waals surface area contributed by atoms with E-state index in [2.05, 4.69) is 10.3 Å². The van der Waals surface area contributed by atoms with Crippen molar-refractivity contribution >= 4 is 11.6 Å². The van der Waals surface area contributed by atoms with Crippen LogP contribution in [0.3, 0.4) is 0 Å². The van der Waals surface area contributed by atoms with Crippen LogP contribution in [0.15, 0.2) is 18.2 Å². The first kappa shape index (κ1) is 15.3. The highest BCUT2D eigenvalue weighted by Gasteiger charge is 2.31. The minimum Gasteiger partial charge on any atom is -0.215 e. The van der Waals surface area contributed by atoms with E-state index in [4.69, 9.17) is 16.9 Å². The first-order chi connectivity index (χ1) is 9.88. The maximum absolute atomic E-state index is 12.6. The van der Waals surface area contributed by atoms with E-state index in [1.54, 1.807) is 0 Å². The van der Waals surface area contributed by atoms with Gasteiger partial charge in [-0.25, -0.2) is 4.68 Å². The van der Waals surface area contributed by atoms with Gasteiger partial charge < -0.3 is 0 Å². The molecule has 0 saturated carbocycles. The maximum Gasteiger partial charge on any atom is 0.416 e. The average molecular weight is 315 g/mol. The van der Waals surface area contributed by atoms with Crippen LogP contribution < -0.4 is 0 Å². The maximum atomic E-state index is 12.6. The summed E-state index contributed by atoms with van der Waals surface area (Å²) in [6.07, 6.45) is -3.21. The van der Waals surface area contributed by atoms with E-state index in [1.165, 1.54) is 10.7 Å². The summed E-state index contributed by atoms with van der Waals surface area (Å²) < 4.78 is 39.2. The second kappa shape index (κ2) is 5.74. The topological polar surface area (TPSA) is 54.5 Å². The quantitative estimate of drug-likeness (QED) is 0.866. The van der Waals surface area contributed by atoms with Crippen molar-refractivity contribution < 1.29 is 13.2 Å². The van der Waals surface area contributed by atoms with Crippen LogP contribution in [0.5, 0.6) is 0 Å². The zero-order valence-electron chi connectivity index (χ0n) is 10.9. The number of benzene rings is 1. The van der Waals surface area contributed by atoms with E-state index in [1.807, 2.05) is 13.0 Å². The van der Waals surface area contributed by atoms with Gasteiger partial charge in [-0.05, 0) is 24.6 Å². The van der Waals surface area contributed by atoms with Gasteiger partial charge in [0.05, 0.1) is 22.0 Å². The fourth-order valence-corrected chi connectivity index (χ4v) is 2.16. The fourth-order valence-electron chi connectivity index (χ4n) is 1.90. The Morgan fingerprint density at radius 2 is 2.10 bits per heavy atom. The predicted molar refractivity (Wildman–Crippen MR) is 70.1 cm³/mol. The molecule has 0 saturated heterocycles. The Labute approximate surface area is 123 Å². The lowest BCUT2D eigenvalue weighted by Gasteiger charge is -2.11. The summed E-state index contributed by atoms with van der Waals surface area (Å²) in [6, 6.07) is 4.89. The van der Waals surface area contributed by atoms with E-state index >= 15 is 0 Å². The van der Waals surface area contributed by atoms with Crippen molar-refractivity contribution in [3.8, 4) is 11.8 Å². The lowest BCUT2D eigenvalue weighted by molar-refractivity contribution is -0.137. The second-order valence-corrected chi connectivity index (χ2v) is 4.73. The SMILES string of the molecule is CCCc1c(C#N)nnn1-c1ccc(C(F)(F)F)cc1Cl. The smallest absolute Gasteiger partial charge is 0.215 e. The molecule has 2 rings (SSSR count). The van der Waals surface area contributed by atoms with Gasteiger partial charge in [-0.3, -0.25) is 0 Å². The monoisotopic (exact) mass is 314 g/mol. The molecule has 0 bridgehead atoms. The van der Waals surface area contributed by atoms with E-state index in [0.717, 1.165) is 18.6 Å². The molecule has 0 aliphatic carbocycles. The highest BCUT2D eigenvalue weighted by atomic mass is 35.5. The molecule has 0 aliphatic rings. The van der Waals surface area contributed by atoms with Crippen LogP contribution in [-0.2, 0) is 12.6 Å². The number of aromatic nitrogens is 3. The molecule has 0 spiro atoms. The summed E-state index contributed by atoms with van der Waals surface area (Å²) in [6.45, 7) is 1.91. The lowest BCUT2D eigenvalue weighted by atomic mass is 10.1. The van der Waals surface area contributed by atoms with Crippen molar-refractivity contribution in [2.24, 2.45) is 0 Å². The van der Waals surface area contributed by atoms with E-state index in [0.29, 0.717) is 12.1 Å². The Balaban J connectivity index is 2.53. The number of hydrogen-bond donors (Lipinski definition) is 0. The zero-order valence-corrected chi connectivity index (χ0v) is 11.7. The molecule has 1 heterocycles. The Kier molecular flexibility index (Phi) is 4.19. The van der Waals surface area contributed by atoms with Gasteiger partial charge in [0.2, 0.25) is 0 Å². The number of rotatable bonds is 3. The van der Waals surface area contributed by atoms with Crippen LogP contribution in [0, 0.1) is 11.3 Å². The molecule has 4 nitrogen and oxygen atoms in total. The minimum atomic E-state index is -4.46. The molecule has 0 unspecified atom stereocenters. The van der Waals surface area contributed by atoms with Gasteiger partial charge >= 0.3 is 6.18 Å².